The average molecular weight is 226 g/mol. The molecule has 1 rings (SSSR count). The first-order chi connectivity index (χ1) is 7.18. The van der Waals surface area contributed by atoms with Gasteiger partial charge in [-0.2, -0.15) is 0 Å². The maximum Gasteiger partial charge on any atom is 0.0794 e. The fourth-order valence-corrected chi connectivity index (χ4v) is 2.08. The first-order valence-electron chi connectivity index (χ1n) is 5.79. The van der Waals surface area contributed by atoms with Gasteiger partial charge in [-0.05, 0) is 19.3 Å². The first-order valence-corrected chi connectivity index (χ1v) is 6.67. The molecule has 0 aliphatic heterocycles. The molecule has 1 atom stereocenters. The summed E-state index contributed by atoms with van der Waals surface area (Å²) in [5, 5.41) is 3.53. The molecule has 0 saturated carbocycles. The number of hydrogen-bond acceptors (Lipinski definition) is 3. The molecule has 86 valence electrons. The summed E-state index contributed by atoms with van der Waals surface area (Å²) in [6, 6.07) is 0.617. The molecule has 1 aromatic heterocycles. The lowest BCUT2D eigenvalue weighted by molar-refractivity contribution is 0.458. The van der Waals surface area contributed by atoms with Crippen LogP contribution in [0.4, 0.5) is 0 Å². The van der Waals surface area contributed by atoms with Crippen LogP contribution in [0.5, 0.6) is 0 Å². The van der Waals surface area contributed by atoms with Crippen molar-refractivity contribution in [3.63, 3.8) is 0 Å². The zero-order valence-electron chi connectivity index (χ0n) is 9.99. The standard InChI is InChI=1S/C12H22N2S/c1-10(2)5-4-6-11(3)14-8-12-7-13-9-15-12/h7,9-11,14H,4-6,8H2,1-3H3. The Morgan fingerprint density at radius 3 is 2.73 bits per heavy atom. The van der Waals surface area contributed by atoms with Crippen molar-refractivity contribution < 1.29 is 0 Å². The Morgan fingerprint density at radius 1 is 1.33 bits per heavy atom. The lowest BCUT2D eigenvalue weighted by Gasteiger charge is -2.13. The van der Waals surface area contributed by atoms with Gasteiger partial charge in [-0.15, -0.1) is 11.3 Å². The van der Waals surface area contributed by atoms with Crippen molar-refractivity contribution >= 4 is 11.3 Å². The molecular weight excluding hydrogens is 204 g/mol. The topological polar surface area (TPSA) is 24.9 Å². The van der Waals surface area contributed by atoms with Crippen molar-refractivity contribution in [2.24, 2.45) is 5.92 Å². The SMILES string of the molecule is CC(C)CCCC(C)NCc1cncs1. The van der Waals surface area contributed by atoms with Crippen molar-refractivity contribution in [1.29, 1.82) is 0 Å². The zero-order chi connectivity index (χ0) is 11.1. The summed E-state index contributed by atoms with van der Waals surface area (Å²) in [6.07, 6.45) is 5.89. The van der Waals surface area contributed by atoms with E-state index in [1.165, 1.54) is 24.1 Å². The molecule has 0 aliphatic carbocycles. The molecule has 0 radical (unpaired) electrons. The molecule has 15 heavy (non-hydrogen) atoms. The van der Waals surface area contributed by atoms with Gasteiger partial charge in [0, 0.05) is 23.7 Å². The second-order valence-corrected chi connectivity index (χ2v) is 5.55. The van der Waals surface area contributed by atoms with Crippen LogP contribution in [0.1, 0.15) is 44.9 Å². The monoisotopic (exact) mass is 226 g/mol. The third-order valence-electron chi connectivity index (χ3n) is 2.53. The molecule has 2 nitrogen and oxygen atoms in total. The number of nitrogens with one attached hydrogen (secondary N) is 1. The Bertz CT molecular complexity index is 244. The van der Waals surface area contributed by atoms with Gasteiger partial charge in [0.1, 0.15) is 0 Å². The molecule has 0 saturated heterocycles. The molecule has 0 aromatic carbocycles. The Kier molecular flexibility index (Phi) is 5.88. The van der Waals surface area contributed by atoms with E-state index in [0.29, 0.717) is 6.04 Å². The summed E-state index contributed by atoms with van der Waals surface area (Å²) in [7, 11) is 0. The van der Waals surface area contributed by atoms with Gasteiger partial charge in [0.15, 0.2) is 0 Å². The van der Waals surface area contributed by atoms with Gasteiger partial charge in [-0.25, -0.2) is 0 Å². The van der Waals surface area contributed by atoms with Crippen LogP contribution in [-0.2, 0) is 6.54 Å². The zero-order valence-corrected chi connectivity index (χ0v) is 10.8. The van der Waals surface area contributed by atoms with Gasteiger partial charge in [0.2, 0.25) is 0 Å². The predicted octanol–water partition coefficient (Wildman–Crippen LogP) is 3.45. The Hall–Kier alpha value is -0.410. The Morgan fingerprint density at radius 2 is 2.13 bits per heavy atom. The normalized spacial score (nSPS) is 13.3. The van der Waals surface area contributed by atoms with E-state index in [9.17, 15) is 0 Å². The molecule has 0 aliphatic rings. The van der Waals surface area contributed by atoms with Crippen molar-refractivity contribution in [1.82, 2.24) is 10.3 Å². The number of hydrogen-bond donors (Lipinski definition) is 1. The molecule has 0 spiro atoms. The Labute approximate surface area is 97.1 Å². The quantitative estimate of drug-likeness (QED) is 0.770. The van der Waals surface area contributed by atoms with Gasteiger partial charge in [-0.3, -0.25) is 4.98 Å². The van der Waals surface area contributed by atoms with Crippen LogP contribution in [0, 0.1) is 5.92 Å². The first kappa shape index (κ1) is 12.7. The van der Waals surface area contributed by atoms with E-state index < -0.39 is 0 Å². The van der Waals surface area contributed by atoms with E-state index in [1.54, 1.807) is 11.3 Å². The van der Waals surface area contributed by atoms with Crippen molar-refractivity contribution in [2.45, 2.75) is 52.6 Å². The summed E-state index contributed by atoms with van der Waals surface area (Å²) in [4.78, 5) is 5.39. The lowest BCUT2D eigenvalue weighted by atomic mass is 10.0. The minimum Gasteiger partial charge on any atom is -0.309 e. The second kappa shape index (κ2) is 6.96. The van der Waals surface area contributed by atoms with Crippen LogP contribution in [0.15, 0.2) is 11.7 Å². The van der Waals surface area contributed by atoms with Gasteiger partial charge >= 0.3 is 0 Å². The second-order valence-electron chi connectivity index (χ2n) is 4.57. The lowest BCUT2D eigenvalue weighted by Crippen LogP contribution is -2.24. The fraction of sp³-hybridized carbons (Fsp3) is 0.750. The van der Waals surface area contributed by atoms with Crippen LogP contribution in [0.2, 0.25) is 0 Å². The fourth-order valence-electron chi connectivity index (χ4n) is 1.54. The molecule has 1 heterocycles. The predicted molar refractivity (Wildman–Crippen MR) is 67.1 cm³/mol. The molecule has 0 amide bonds. The molecule has 3 heteroatoms. The van der Waals surface area contributed by atoms with E-state index in [1.807, 2.05) is 11.7 Å². The summed E-state index contributed by atoms with van der Waals surface area (Å²) in [5.41, 5.74) is 1.89. The number of aromatic nitrogens is 1. The number of nitrogens with zero attached hydrogens (tertiary/aromatic N) is 1. The van der Waals surface area contributed by atoms with Gasteiger partial charge in [0.05, 0.1) is 5.51 Å². The van der Waals surface area contributed by atoms with Crippen LogP contribution < -0.4 is 5.32 Å². The molecule has 1 N–H and O–H groups in total. The smallest absolute Gasteiger partial charge is 0.0794 e. The van der Waals surface area contributed by atoms with Gasteiger partial charge < -0.3 is 5.32 Å². The summed E-state index contributed by atoms with van der Waals surface area (Å²) >= 11 is 1.72. The summed E-state index contributed by atoms with van der Waals surface area (Å²) in [6.45, 7) is 7.81. The maximum atomic E-state index is 4.06. The van der Waals surface area contributed by atoms with Crippen LogP contribution in [0.25, 0.3) is 0 Å². The highest BCUT2D eigenvalue weighted by Gasteiger charge is 2.03. The van der Waals surface area contributed by atoms with E-state index in [4.69, 9.17) is 0 Å². The van der Waals surface area contributed by atoms with Gasteiger partial charge in [-0.1, -0.05) is 26.7 Å². The Balaban J connectivity index is 2.06. The molecule has 1 aromatic rings. The minimum absolute atomic E-state index is 0.617. The largest absolute Gasteiger partial charge is 0.309 e. The van der Waals surface area contributed by atoms with Crippen molar-refractivity contribution in [3.8, 4) is 0 Å². The van der Waals surface area contributed by atoms with E-state index in [2.05, 4.69) is 31.1 Å². The van der Waals surface area contributed by atoms with Crippen molar-refractivity contribution in [2.75, 3.05) is 0 Å². The third kappa shape index (κ3) is 5.90. The van der Waals surface area contributed by atoms with Crippen molar-refractivity contribution in [3.05, 3.63) is 16.6 Å². The summed E-state index contributed by atoms with van der Waals surface area (Å²) in [5.74, 6) is 0.832. The number of thiazole rings is 1. The highest BCUT2D eigenvalue weighted by atomic mass is 32.1. The third-order valence-corrected chi connectivity index (χ3v) is 3.31. The molecule has 1 unspecified atom stereocenters. The summed E-state index contributed by atoms with van der Waals surface area (Å²) < 4.78 is 0. The average Bonchev–Trinajstić information content (AvgIpc) is 2.66. The van der Waals surface area contributed by atoms with Gasteiger partial charge in [0.25, 0.3) is 0 Å². The number of rotatable bonds is 7. The minimum atomic E-state index is 0.617. The molecule has 0 bridgehead atoms. The van der Waals surface area contributed by atoms with E-state index in [-0.39, 0.29) is 0 Å². The highest BCUT2D eigenvalue weighted by Crippen LogP contribution is 2.09. The van der Waals surface area contributed by atoms with E-state index in [0.717, 1.165) is 12.5 Å². The highest BCUT2D eigenvalue weighted by molar-refractivity contribution is 7.09. The maximum absolute atomic E-state index is 4.06. The van der Waals surface area contributed by atoms with Crippen LogP contribution in [0.3, 0.4) is 0 Å². The van der Waals surface area contributed by atoms with Crippen LogP contribution >= 0.6 is 11.3 Å². The van der Waals surface area contributed by atoms with E-state index >= 15 is 0 Å². The van der Waals surface area contributed by atoms with Crippen LogP contribution in [-0.4, -0.2) is 11.0 Å². The molecular formula is C12H22N2S. The molecule has 0 fully saturated rings.